The lowest BCUT2D eigenvalue weighted by Gasteiger charge is -2.08. The zero-order chi connectivity index (χ0) is 19.3. The van der Waals surface area contributed by atoms with Gasteiger partial charge in [0, 0.05) is 17.3 Å². The first-order chi connectivity index (χ1) is 13.7. The van der Waals surface area contributed by atoms with Crippen LogP contribution in [-0.2, 0) is 0 Å². The Hall–Kier alpha value is -3.71. The zero-order valence-corrected chi connectivity index (χ0v) is 15.4. The predicted molar refractivity (Wildman–Crippen MR) is 107 cm³/mol. The lowest BCUT2D eigenvalue weighted by molar-refractivity contribution is 0.0996. The minimum Gasteiger partial charge on any atom is -0.296 e. The van der Waals surface area contributed by atoms with Crippen LogP contribution in [0, 0.1) is 0 Å². The number of aromatic nitrogens is 3. The third kappa shape index (κ3) is 3.70. The quantitative estimate of drug-likeness (QED) is 0.522. The summed E-state index contributed by atoms with van der Waals surface area (Å²) < 4.78 is 0. The SMILES string of the molecule is O=C(Nc1nnc(-c2ccccn2)s1)c1ccccc1C(=O)c1ccccc1. The third-order valence-electron chi connectivity index (χ3n) is 3.98. The lowest BCUT2D eigenvalue weighted by atomic mass is 9.98. The number of rotatable bonds is 5. The highest BCUT2D eigenvalue weighted by Crippen LogP contribution is 2.25. The van der Waals surface area contributed by atoms with E-state index < -0.39 is 5.91 Å². The molecular formula is C21H14N4O2S. The number of amides is 1. The van der Waals surface area contributed by atoms with Crippen LogP contribution in [0.3, 0.4) is 0 Å². The molecule has 0 radical (unpaired) electrons. The number of carbonyl (C=O) groups is 2. The molecule has 2 aromatic carbocycles. The number of carbonyl (C=O) groups excluding carboxylic acids is 2. The van der Waals surface area contributed by atoms with Crippen LogP contribution in [0.1, 0.15) is 26.3 Å². The van der Waals surface area contributed by atoms with E-state index in [0.717, 1.165) is 0 Å². The number of hydrogen-bond acceptors (Lipinski definition) is 6. The molecular weight excluding hydrogens is 372 g/mol. The van der Waals surface area contributed by atoms with Gasteiger partial charge in [-0.2, -0.15) is 0 Å². The van der Waals surface area contributed by atoms with Crippen molar-refractivity contribution in [1.29, 1.82) is 0 Å². The van der Waals surface area contributed by atoms with Crippen LogP contribution < -0.4 is 5.32 Å². The van der Waals surface area contributed by atoms with Crippen molar-refractivity contribution in [3.8, 4) is 10.7 Å². The second-order valence-corrected chi connectivity index (χ2v) is 6.80. The molecule has 6 nitrogen and oxygen atoms in total. The number of hydrogen-bond donors (Lipinski definition) is 1. The fraction of sp³-hybridized carbons (Fsp3) is 0. The van der Waals surface area contributed by atoms with E-state index in [9.17, 15) is 9.59 Å². The van der Waals surface area contributed by atoms with Crippen LogP contribution in [-0.4, -0.2) is 26.9 Å². The molecule has 1 amide bonds. The first-order valence-corrected chi connectivity index (χ1v) is 9.29. The van der Waals surface area contributed by atoms with Crippen molar-refractivity contribution in [3.05, 3.63) is 95.7 Å². The Kier molecular flexibility index (Phi) is 4.99. The minimum atomic E-state index is -0.413. The van der Waals surface area contributed by atoms with Crippen LogP contribution >= 0.6 is 11.3 Å². The maximum atomic E-state index is 12.8. The van der Waals surface area contributed by atoms with Gasteiger partial charge in [0.15, 0.2) is 10.8 Å². The van der Waals surface area contributed by atoms with Crippen LogP contribution in [0.5, 0.6) is 0 Å². The number of nitrogens with one attached hydrogen (secondary N) is 1. The Labute approximate surface area is 164 Å². The average Bonchev–Trinajstić information content (AvgIpc) is 3.23. The number of benzene rings is 2. The molecule has 4 aromatic rings. The normalized spacial score (nSPS) is 10.4. The number of anilines is 1. The summed E-state index contributed by atoms with van der Waals surface area (Å²) in [5.74, 6) is -0.624. The molecule has 0 spiro atoms. The number of ketones is 1. The van der Waals surface area contributed by atoms with Crippen molar-refractivity contribution in [2.45, 2.75) is 0 Å². The van der Waals surface area contributed by atoms with Gasteiger partial charge in [-0.1, -0.05) is 65.9 Å². The number of nitrogens with zero attached hydrogens (tertiary/aromatic N) is 3. The Morgan fingerprint density at radius 3 is 2.25 bits per heavy atom. The molecule has 2 aromatic heterocycles. The first-order valence-electron chi connectivity index (χ1n) is 8.47. The molecule has 7 heteroatoms. The molecule has 0 aliphatic heterocycles. The second kappa shape index (κ2) is 7.89. The molecule has 0 saturated heterocycles. The maximum absolute atomic E-state index is 12.8. The molecule has 136 valence electrons. The predicted octanol–water partition coefficient (Wildman–Crippen LogP) is 4.08. The molecule has 28 heavy (non-hydrogen) atoms. The summed E-state index contributed by atoms with van der Waals surface area (Å²) in [6, 6.07) is 21.1. The van der Waals surface area contributed by atoms with Crippen molar-refractivity contribution >= 4 is 28.2 Å². The molecule has 2 heterocycles. The molecule has 4 rings (SSSR count). The monoisotopic (exact) mass is 386 g/mol. The third-order valence-corrected chi connectivity index (χ3v) is 4.84. The van der Waals surface area contributed by atoms with Gasteiger partial charge < -0.3 is 0 Å². The van der Waals surface area contributed by atoms with Crippen molar-refractivity contribution in [2.75, 3.05) is 5.32 Å². The standard InChI is InChI=1S/C21H14N4O2S/c26-18(14-8-2-1-3-9-14)15-10-4-5-11-16(15)19(27)23-21-25-24-20(28-21)17-12-6-7-13-22-17/h1-13H,(H,23,25,27). The van der Waals surface area contributed by atoms with E-state index in [-0.39, 0.29) is 11.3 Å². The minimum absolute atomic E-state index is 0.210. The highest BCUT2D eigenvalue weighted by molar-refractivity contribution is 7.18. The molecule has 0 bridgehead atoms. The highest BCUT2D eigenvalue weighted by atomic mass is 32.1. The molecule has 0 aliphatic carbocycles. The average molecular weight is 386 g/mol. The van der Waals surface area contributed by atoms with E-state index in [1.54, 1.807) is 54.7 Å². The Morgan fingerprint density at radius 1 is 0.786 bits per heavy atom. The van der Waals surface area contributed by atoms with E-state index in [4.69, 9.17) is 0 Å². The maximum Gasteiger partial charge on any atom is 0.258 e. The topological polar surface area (TPSA) is 84.8 Å². The van der Waals surface area contributed by atoms with Crippen LogP contribution in [0.15, 0.2) is 79.0 Å². The molecule has 0 unspecified atom stereocenters. The second-order valence-electron chi connectivity index (χ2n) is 5.82. The van der Waals surface area contributed by atoms with E-state index in [0.29, 0.717) is 27.0 Å². The summed E-state index contributed by atoms with van der Waals surface area (Å²) >= 11 is 1.22. The summed E-state index contributed by atoms with van der Waals surface area (Å²) in [4.78, 5) is 29.8. The molecule has 0 atom stereocenters. The van der Waals surface area contributed by atoms with Gasteiger partial charge in [0.25, 0.3) is 5.91 Å². The fourth-order valence-corrected chi connectivity index (χ4v) is 3.37. The van der Waals surface area contributed by atoms with Crippen LogP contribution in [0.25, 0.3) is 10.7 Å². The Bertz CT molecular complexity index is 1130. The van der Waals surface area contributed by atoms with Gasteiger partial charge in [0.1, 0.15) is 5.69 Å². The van der Waals surface area contributed by atoms with Crippen molar-refractivity contribution in [3.63, 3.8) is 0 Å². The first kappa shape index (κ1) is 17.7. The van der Waals surface area contributed by atoms with Gasteiger partial charge in [-0.3, -0.25) is 19.9 Å². The smallest absolute Gasteiger partial charge is 0.258 e. The van der Waals surface area contributed by atoms with Crippen molar-refractivity contribution in [2.24, 2.45) is 0 Å². The van der Waals surface area contributed by atoms with Gasteiger partial charge in [-0.15, -0.1) is 10.2 Å². The van der Waals surface area contributed by atoms with Gasteiger partial charge in [0.05, 0.1) is 5.56 Å². The van der Waals surface area contributed by atoms with Gasteiger partial charge in [-0.25, -0.2) is 0 Å². The number of pyridine rings is 1. The largest absolute Gasteiger partial charge is 0.296 e. The molecule has 1 N–H and O–H groups in total. The Morgan fingerprint density at radius 2 is 1.50 bits per heavy atom. The van der Waals surface area contributed by atoms with Crippen LogP contribution in [0.4, 0.5) is 5.13 Å². The van der Waals surface area contributed by atoms with Gasteiger partial charge >= 0.3 is 0 Å². The van der Waals surface area contributed by atoms with E-state index >= 15 is 0 Å². The summed E-state index contributed by atoms with van der Waals surface area (Å²) in [7, 11) is 0. The highest BCUT2D eigenvalue weighted by Gasteiger charge is 2.19. The Balaban J connectivity index is 1.58. The fourth-order valence-electron chi connectivity index (χ4n) is 2.66. The lowest BCUT2D eigenvalue weighted by Crippen LogP contribution is -2.16. The van der Waals surface area contributed by atoms with Crippen molar-refractivity contribution < 1.29 is 9.59 Å². The van der Waals surface area contributed by atoms with Crippen LogP contribution in [0.2, 0.25) is 0 Å². The molecule has 0 fully saturated rings. The summed E-state index contributed by atoms with van der Waals surface area (Å²) in [6.45, 7) is 0. The van der Waals surface area contributed by atoms with E-state index in [2.05, 4.69) is 20.5 Å². The summed E-state index contributed by atoms with van der Waals surface area (Å²) in [6.07, 6.45) is 1.67. The van der Waals surface area contributed by atoms with Gasteiger partial charge in [-0.05, 0) is 18.2 Å². The van der Waals surface area contributed by atoms with E-state index in [1.165, 1.54) is 11.3 Å². The summed E-state index contributed by atoms with van der Waals surface area (Å²) in [5.41, 5.74) is 1.82. The van der Waals surface area contributed by atoms with Gasteiger partial charge in [0.2, 0.25) is 5.13 Å². The zero-order valence-electron chi connectivity index (χ0n) is 14.6. The molecule has 0 aliphatic rings. The molecule has 0 saturated carbocycles. The summed E-state index contributed by atoms with van der Waals surface area (Å²) in [5, 5.41) is 11.7. The van der Waals surface area contributed by atoms with E-state index in [1.807, 2.05) is 24.3 Å². The van der Waals surface area contributed by atoms with Crippen molar-refractivity contribution in [1.82, 2.24) is 15.2 Å².